The van der Waals surface area contributed by atoms with Crippen LogP contribution in [-0.2, 0) is 16.1 Å². The Hall–Kier alpha value is -4.52. The SMILES string of the molecule is CCOC(=O)CCCn1nc(-c2ccc3nccnc3c2)cc1-c1ccc(-c2ccc(OC(C)C)cc2)cc1. The molecule has 0 aliphatic carbocycles. The van der Waals surface area contributed by atoms with E-state index in [0.717, 1.165) is 50.4 Å². The molecule has 0 saturated carbocycles. The van der Waals surface area contributed by atoms with Crippen molar-refractivity contribution in [2.24, 2.45) is 0 Å². The van der Waals surface area contributed by atoms with E-state index in [-0.39, 0.29) is 12.1 Å². The molecule has 0 spiro atoms. The number of hydrogen-bond acceptors (Lipinski definition) is 6. The van der Waals surface area contributed by atoms with E-state index >= 15 is 0 Å². The lowest BCUT2D eigenvalue weighted by Crippen LogP contribution is -2.08. The maximum absolute atomic E-state index is 11.9. The smallest absolute Gasteiger partial charge is 0.305 e. The van der Waals surface area contributed by atoms with E-state index < -0.39 is 0 Å². The van der Waals surface area contributed by atoms with E-state index in [0.29, 0.717) is 26.0 Å². The van der Waals surface area contributed by atoms with Gasteiger partial charge in [0, 0.05) is 30.9 Å². The second-order valence-corrected chi connectivity index (χ2v) is 9.57. The Morgan fingerprint density at radius 3 is 2.15 bits per heavy atom. The number of benzene rings is 3. The van der Waals surface area contributed by atoms with E-state index in [4.69, 9.17) is 14.6 Å². The van der Waals surface area contributed by atoms with Crippen LogP contribution < -0.4 is 4.74 Å². The first-order valence-corrected chi connectivity index (χ1v) is 13.3. The molecule has 39 heavy (non-hydrogen) atoms. The van der Waals surface area contributed by atoms with Crippen LogP contribution in [0.2, 0.25) is 0 Å². The summed E-state index contributed by atoms with van der Waals surface area (Å²) in [4.78, 5) is 20.7. The van der Waals surface area contributed by atoms with E-state index in [9.17, 15) is 4.79 Å². The van der Waals surface area contributed by atoms with Crippen molar-refractivity contribution in [3.63, 3.8) is 0 Å². The molecule has 7 nitrogen and oxygen atoms in total. The number of esters is 1. The predicted molar refractivity (Wildman–Crippen MR) is 153 cm³/mol. The lowest BCUT2D eigenvalue weighted by Gasteiger charge is -2.11. The third-order valence-electron chi connectivity index (χ3n) is 6.34. The van der Waals surface area contributed by atoms with Crippen molar-refractivity contribution in [3.8, 4) is 39.4 Å². The Morgan fingerprint density at radius 2 is 1.46 bits per heavy atom. The van der Waals surface area contributed by atoms with Crippen molar-refractivity contribution < 1.29 is 14.3 Å². The average molecular weight is 521 g/mol. The van der Waals surface area contributed by atoms with Crippen molar-refractivity contribution in [1.29, 1.82) is 0 Å². The molecule has 0 radical (unpaired) electrons. The Kier molecular flexibility index (Phi) is 7.96. The van der Waals surface area contributed by atoms with Crippen LogP contribution in [0.1, 0.15) is 33.6 Å². The first-order valence-electron chi connectivity index (χ1n) is 13.3. The monoisotopic (exact) mass is 520 g/mol. The van der Waals surface area contributed by atoms with Crippen molar-refractivity contribution in [2.75, 3.05) is 6.61 Å². The summed E-state index contributed by atoms with van der Waals surface area (Å²) in [5.41, 5.74) is 7.76. The summed E-state index contributed by atoms with van der Waals surface area (Å²) in [6.07, 6.45) is 4.51. The molecule has 198 valence electrons. The highest BCUT2D eigenvalue weighted by Gasteiger charge is 2.14. The van der Waals surface area contributed by atoms with Gasteiger partial charge in [-0.05, 0) is 74.2 Å². The number of carbonyl (C=O) groups excluding carboxylic acids is 1. The summed E-state index contributed by atoms with van der Waals surface area (Å²) in [6.45, 7) is 6.85. The lowest BCUT2D eigenvalue weighted by molar-refractivity contribution is -0.143. The Balaban J connectivity index is 1.43. The minimum Gasteiger partial charge on any atom is -0.491 e. The zero-order valence-electron chi connectivity index (χ0n) is 22.5. The first-order chi connectivity index (χ1) is 19.0. The standard InChI is InChI=1S/C32H32N4O3/c1-4-38-32(37)6-5-19-36-31(21-29(35-36)26-13-16-28-30(20-26)34-18-17-33-28)25-9-7-23(8-10-25)24-11-14-27(15-12-24)39-22(2)3/h7-18,20-22H,4-6,19H2,1-3H3. The Labute approximate surface area is 228 Å². The van der Waals surface area contributed by atoms with E-state index in [2.05, 4.69) is 52.4 Å². The molecule has 5 rings (SSSR count). The third-order valence-corrected chi connectivity index (χ3v) is 6.34. The number of hydrogen-bond donors (Lipinski definition) is 0. The Morgan fingerprint density at radius 1 is 0.821 bits per heavy atom. The molecule has 0 N–H and O–H groups in total. The van der Waals surface area contributed by atoms with Gasteiger partial charge >= 0.3 is 5.97 Å². The van der Waals surface area contributed by atoms with Crippen LogP contribution in [0, 0.1) is 0 Å². The quantitative estimate of drug-likeness (QED) is 0.185. The fraction of sp³-hybridized carbons (Fsp3) is 0.250. The number of ether oxygens (including phenoxy) is 2. The average Bonchev–Trinajstić information content (AvgIpc) is 3.37. The van der Waals surface area contributed by atoms with Crippen LogP contribution in [0.25, 0.3) is 44.7 Å². The minimum atomic E-state index is -0.186. The van der Waals surface area contributed by atoms with E-state index in [1.54, 1.807) is 12.4 Å². The van der Waals surface area contributed by atoms with Crippen molar-refractivity contribution in [1.82, 2.24) is 19.7 Å². The maximum atomic E-state index is 11.9. The summed E-state index contributed by atoms with van der Waals surface area (Å²) in [5, 5.41) is 4.92. The molecule has 5 aromatic rings. The number of carbonyl (C=O) groups is 1. The van der Waals surface area contributed by atoms with Gasteiger partial charge in [0.05, 0.1) is 35.1 Å². The molecular weight excluding hydrogens is 488 g/mol. The zero-order chi connectivity index (χ0) is 27.2. The van der Waals surface area contributed by atoms with Gasteiger partial charge in [0.25, 0.3) is 0 Å². The third kappa shape index (κ3) is 6.32. The summed E-state index contributed by atoms with van der Waals surface area (Å²) in [6, 6.07) is 24.7. The molecule has 0 fully saturated rings. The van der Waals surface area contributed by atoms with Crippen LogP contribution in [0.4, 0.5) is 0 Å². The van der Waals surface area contributed by atoms with Crippen LogP contribution in [0.5, 0.6) is 5.75 Å². The molecule has 0 atom stereocenters. The Bertz CT molecular complexity index is 1560. The van der Waals surface area contributed by atoms with Gasteiger partial charge in [-0.25, -0.2) is 0 Å². The summed E-state index contributed by atoms with van der Waals surface area (Å²) in [5.74, 6) is 0.679. The van der Waals surface area contributed by atoms with Gasteiger partial charge in [0.1, 0.15) is 5.75 Å². The van der Waals surface area contributed by atoms with Gasteiger partial charge in [0.2, 0.25) is 0 Å². The largest absolute Gasteiger partial charge is 0.491 e. The molecule has 3 aromatic carbocycles. The van der Waals surface area contributed by atoms with Gasteiger partial charge in [-0.3, -0.25) is 19.4 Å². The zero-order valence-corrected chi connectivity index (χ0v) is 22.5. The molecule has 0 saturated heterocycles. The number of aryl methyl sites for hydroxylation is 1. The molecule has 0 bridgehead atoms. The van der Waals surface area contributed by atoms with Crippen LogP contribution >= 0.6 is 0 Å². The number of fused-ring (bicyclic) bond motifs is 1. The number of aromatic nitrogens is 4. The number of rotatable bonds is 10. The first kappa shape index (κ1) is 26.1. The predicted octanol–water partition coefficient (Wildman–Crippen LogP) is 6.96. The summed E-state index contributed by atoms with van der Waals surface area (Å²) < 4.78 is 12.8. The van der Waals surface area contributed by atoms with Crippen LogP contribution in [0.3, 0.4) is 0 Å². The molecule has 2 heterocycles. The highest BCUT2D eigenvalue weighted by Crippen LogP contribution is 2.30. The van der Waals surface area contributed by atoms with Gasteiger partial charge < -0.3 is 9.47 Å². The normalized spacial score (nSPS) is 11.2. The second-order valence-electron chi connectivity index (χ2n) is 9.57. The molecule has 0 aliphatic rings. The van der Waals surface area contributed by atoms with Gasteiger partial charge in [0.15, 0.2) is 0 Å². The molecule has 0 aliphatic heterocycles. The van der Waals surface area contributed by atoms with Crippen LogP contribution in [0.15, 0.2) is 85.2 Å². The topological polar surface area (TPSA) is 79.1 Å². The second kappa shape index (κ2) is 11.9. The number of nitrogens with zero attached hydrogens (tertiary/aromatic N) is 4. The molecular formula is C32H32N4O3. The molecule has 2 aromatic heterocycles. The fourth-order valence-corrected chi connectivity index (χ4v) is 4.52. The fourth-order valence-electron chi connectivity index (χ4n) is 4.52. The van der Waals surface area contributed by atoms with Gasteiger partial charge in [-0.2, -0.15) is 5.10 Å². The molecule has 0 amide bonds. The lowest BCUT2D eigenvalue weighted by atomic mass is 10.0. The molecule has 7 heteroatoms. The maximum Gasteiger partial charge on any atom is 0.305 e. The van der Waals surface area contributed by atoms with Crippen molar-refractivity contribution in [2.45, 2.75) is 46.3 Å². The highest BCUT2D eigenvalue weighted by atomic mass is 16.5. The van der Waals surface area contributed by atoms with E-state index in [1.165, 1.54) is 0 Å². The minimum absolute atomic E-state index is 0.143. The van der Waals surface area contributed by atoms with Crippen LogP contribution in [-0.4, -0.2) is 38.4 Å². The van der Waals surface area contributed by atoms with Crippen molar-refractivity contribution >= 4 is 17.0 Å². The van der Waals surface area contributed by atoms with Crippen molar-refractivity contribution in [3.05, 3.63) is 85.2 Å². The van der Waals surface area contributed by atoms with E-state index in [1.807, 2.05) is 55.8 Å². The molecule has 0 unspecified atom stereocenters. The van der Waals surface area contributed by atoms with Gasteiger partial charge in [-0.15, -0.1) is 0 Å². The van der Waals surface area contributed by atoms with Gasteiger partial charge in [-0.1, -0.05) is 42.5 Å². The highest BCUT2D eigenvalue weighted by molar-refractivity contribution is 5.81. The summed E-state index contributed by atoms with van der Waals surface area (Å²) >= 11 is 0. The summed E-state index contributed by atoms with van der Waals surface area (Å²) in [7, 11) is 0.